The van der Waals surface area contributed by atoms with Gasteiger partial charge in [0.2, 0.25) is 13.6 Å². The highest BCUT2D eigenvalue weighted by molar-refractivity contribution is 7.61. The first kappa shape index (κ1) is 38.6. The lowest BCUT2D eigenvalue weighted by Crippen LogP contribution is -2.35. The number of methoxy groups -OCH3 is 1. The minimum absolute atomic E-state index is 0.109. The standard InChI is InChI=1S/C32H41N8O11P/c1-31(2,3)29(43)47-17-49-52(45,50-18-48-30(44)32(4,5)6)21-14-39(38-37-21)13-20-23(41)24(46-7)28(51-20)40-16-35-22-25(33-15-34-26(22)40)36-27(42)19-11-9-8-10-12-19/h8-12,14-16,20,23-24,28,41H,13,17-18H2,1-7H3,(H,33,34,36,42)/t20-,23?,24?,28-/m1/s1. The van der Waals surface area contributed by atoms with Crippen molar-refractivity contribution in [2.75, 3.05) is 26.0 Å². The van der Waals surface area contributed by atoms with Crippen LogP contribution in [0.15, 0.2) is 49.2 Å². The summed E-state index contributed by atoms with van der Waals surface area (Å²) in [5, 5.41) is 21.9. The highest BCUT2D eigenvalue weighted by Gasteiger charge is 2.46. The number of hydrogen-bond acceptors (Lipinski definition) is 16. The number of imidazole rings is 1. The van der Waals surface area contributed by atoms with Crippen LogP contribution in [0.2, 0.25) is 0 Å². The molecule has 52 heavy (non-hydrogen) atoms. The van der Waals surface area contributed by atoms with E-state index in [9.17, 15) is 24.1 Å². The van der Waals surface area contributed by atoms with Gasteiger partial charge in [-0.3, -0.25) is 32.6 Å². The number of carbonyl (C=O) groups is 3. The molecule has 1 aliphatic heterocycles. The first-order chi connectivity index (χ1) is 24.5. The van der Waals surface area contributed by atoms with E-state index in [1.165, 1.54) is 30.6 Å². The monoisotopic (exact) mass is 744 g/mol. The first-order valence-electron chi connectivity index (χ1n) is 16.1. The van der Waals surface area contributed by atoms with Gasteiger partial charge in [0.25, 0.3) is 5.91 Å². The highest BCUT2D eigenvalue weighted by atomic mass is 31.2. The maximum Gasteiger partial charge on any atom is 0.388 e. The molecule has 280 valence electrons. The molecule has 0 saturated carbocycles. The van der Waals surface area contributed by atoms with Gasteiger partial charge >= 0.3 is 19.5 Å². The molecule has 0 radical (unpaired) electrons. The summed E-state index contributed by atoms with van der Waals surface area (Å²) in [5.41, 5.74) is -1.01. The van der Waals surface area contributed by atoms with Gasteiger partial charge in [-0.15, -0.1) is 5.10 Å². The lowest BCUT2D eigenvalue weighted by molar-refractivity contribution is -0.161. The molecule has 1 aliphatic rings. The van der Waals surface area contributed by atoms with Gasteiger partial charge < -0.3 is 29.4 Å². The Morgan fingerprint density at radius 3 is 2.19 bits per heavy atom. The zero-order chi connectivity index (χ0) is 37.8. The average molecular weight is 745 g/mol. The first-order valence-corrected chi connectivity index (χ1v) is 17.6. The van der Waals surface area contributed by atoms with Crippen molar-refractivity contribution < 1.29 is 52.1 Å². The third-order valence-corrected chi connectivity index (χ3v) is 9.37. The summed E-state index contributed by atoms with van der Waals surface area (Å²) < 4.78 is 49.5. The van der Waals surface area contributed by atoms with Crippen molar-refractivity contribution in [3.05, 3.63) is 54.7 Å². The summed E-state index contributed by atoms with van der Waals surface area (Å²) in [6, 6.07) is 8.60. The van der Waals surface area contributed by atoms with Crippen LogP contribution in [0.4, 0.5) is 5.82 Å². The molecular weight excluding hydrogens is 703 g/mol. The maximum absolute atomic E-state index is 13.9. The van der Waals surface area contributed by atoms with Gasteiger partial charge in [-0.05, 0) is 53.7 Å². The minimum Gasteiger partial charge on any atom is -0.438 e. The van der Waals surface area contributed by atoms with Gasteiger partial charge in [-0.1, -0.05) is 23.4 Å². The molecule has 4 aromatic rings. The Morgan fingerprint density at radius 1 is 0.962 bits per heavy atom. The molecule has 4 atom stereocenters. The summed E-state index contributed by atoms with van der Waals surface area (Å²) in [6.45, 7) is 8.18. The van der Waals surface area contributed by atoms with Crippen LogP contribution in [-0.4, -0.2) is 96.5 Å². The van der Waals surface area contributed by atoms with Crippen molar-refractivity contribution in [2.24, 2.45) is 10.8 Å². The number of amides is 1. The summed E-state index contributed by atoms with van der Waals surface area (Å²) >= 11 is 0. The van der Waals surface area contributed by atoms with Crippen molar-refractivity contribution in [1.82, 2.24) is 34.5 Å². The fourth-order valence-corrected chi connectivity index (χ4v) is 5.98. The van der Waals surface area contributed by atoms with Gasteiger partial charge in [0.15, 0.2) is 28.6 Å². The zero-order valence-corrected chi connectivity index (χ0v) is 30.6. The molecule has 0 spiro atoms. The lowest BCUT2D eigenvalue weighted by Gasteiger charge is -2.20. The number of ether oxygens (including phenoxy) is 4. The second-order valence-electron chi connectivity index (χ2n) is 13.8. The molecule has 0 aliphatic carbocycles. The van der Waals surface area contributed by atoms with E-state index >= 15 is 0 Å². The predicted molar refractivity (Wildman–Crippen MR) is 181 cm³/mol. The molecule has 3 aromatic heterocycles. The maximum atomic E-state index is 13.9. The van der Waals surface area contributed by atoms with Crippen molar-refractivity contribution >= 4 is 47.9 Å². The fourth-order valence-electron chi connectivity index (χ4n) is 4.84. The summed E-state index contributed by atoms with van der Waals surface area (Å²) in [7, 11) is -2.99. The van der Waals surface area contributed by atoms with Crippen molar-refractivity contribution in [3.63, 3.8) is 0 Å². The molecule has 1 fully saturated rings. The number of aromatic nitrogens is 7. The Bertz CT molecular complexity index is 1900. The van der Waals surface area contributed by atoms with Gasteiger partial charge in [-0.2, -0.15) is 0 Å². The van der Waals surface area contributed by atoms with Crippen LogP contribution in [0.1, 0.15) is 58.1 Å². The topological polar surface area (TPSA) is 230 Å². The zero-order valence-electron chi connectivity index (χ0n) is 29.7. The third kappa shape index (κ3) is 8.68. The number of nitrogens with zero attached hydrogens (tertiary/aromatic N) is 7. The van der Waals surface area contributed by atoms with Gasteiger partial charge in [0, 0.05) is 12.7 Å². The molecular formula is C32H41N8O11P. The Labute approximate surface area is 298 Å². The van der Waals surface area contributed by atoms with E-state index in [0.717, 1.165) is 0 Å². The quantitative estimate of drug-likeness (QED) is 0.114. The van der Waals surface area contributed by atoms with Crippen molar-refractivity contribution in [1.29, 1.82) is 0 Å². The third-order valence-electron chi connectivity index (χ3n) is 7.71. The van der Waals surface area contributed by atoms with Crippen molar-refractivity contribution in [3.8, 4) is 0 Å². The van der Waals surface area contributed by atoms with Gasteiger partial charge in [0.1, 0.15) is 24.6 Å². The van der Waals surface area contributed by atoms with Gasteiger partial charge in [0.05, 0.1) is 29.9 Å². The van der Waals surface area contributed by atoms with Crippen LogP contribution >= 0.6 is 7.60 Å². The number of fused-ring (bicyclic) bond motifs is 1. The number of aliphatic hydroxyl groups is 1. The number of esters is 2. The van der Waals surface area contributed by atoms with E-state index < -0.39 is 68.5 Å². The molecule has 1 aromatic carbocycles. The smallest absolute Gasteiger partial charge is 0.388 e. The number of carbonyl (C=O) groups excluding carboxylic acids is 3. The Kier molecular flexibility index (Phi) is 11.5. The van der Waals surface area contributed by atoms with Crippen LogP contribution in [0.5, 0.6) is 0 Å². The summed E-state index contributed by atoms with van der Waals surface area (Å²) in [5.74, 6) is -1.46. The molecule has 2 N–H and O–H groups in total. The van der Waals surface area contributed by atoms with Crippen LogP contribution in [-0.2, 0) is 48.7 Å². The van der Waals surface area contributed by atoms with E-state index in [1.54, 1.807) is 76.4 Å². The normalized spacial score (nSPS) is 19.5. The van der Waals surface area contributed by atoms with E-state index in [2.05, 4.69) is 30.6 Å². The number of nitrogens with one attached hydrogen (secondary N) is 1. The largest absolute Gasteiger partial charge is 0.438 e. The summed E-state index contributed by atoms with van der Waals surface area (Å²) in [4.78, 5) is 50.2. The Hall–Kier alpha value is -4.65. The van der Waals surface area contributed by atoms with E-state index in [0.29, 0.717) is 11.2 Å². The Balaban J connectivity index is 1.32. The molecule has 0 bridgehead atoms. The number of benzene rings is 1. The highest BCUT2D eigenvalue weighted by Crippen LogP contribution is 2.46. The van der Waals surface area contributed by atoms with E-state index in [1.807, 2.05) is 0 Å². The molecule has 1 saturated heterocycles. The SMILES string of the molecule is COC1C(O)[C@@H](Cn2cc(P(=O)(OCOC(=O)C(C)(C)C)OCOC(=O)C(C)(C)C)nn2)O[C@H]1n1cnc2c(NC(=O)c3ccccc3)ncnc21. The Morgan fingerprint density at radius 2 is 1.60 bits per heavy atom. The molecule has 5 rings (SSSR count). The number of rotatable bonds is 13. The average Bonchev–Trinajstić information content (AvgIpc) is 3.82. The number of anilines is 1. The second kappa shape index (κ2) is 15.5. The van der Waals surface area contributed by atoms with Crippen LogP contribution in [0.25, 0.3) is 11.2 Å². The van der Waals surface area contributed by atoms with Crippen molar-refractivity contribution in [2.45, 2.75) is 72.6 Å². The second-order valence-corrected chi connectivity index (χ2v) is 15.7. The minimum atomic E-state index is -4.39. The lowest BCUT2D eigenvalue weighted by atomic mass is 9.98. The van der Waals surface area contributed by atoms with E-state index in [-0.39, 0.29) is 29.2 Å². The molecule has 1 amide bonds. The molecule has 20 heteroatoms. The fraction of sp³-hybridized carbons (Fsp3) is 0.500. The predicted octanol–water partition coefficient (Wildman–Crippen LogP) is 2.59. The van der Waals surface area contributed by atoms with E-state index in [4.69, 9.17) is 28.0 Å². The summed E-state index contributed by atoms with van der Waals surface area (Å²) in [6.07, 6.45) is -0.0474. The van der Waals surface area contributed by atoms with Crippen LogP contribution in [0, 0.1) is 10.8 Å². The van der Waals surface area contributed by atoms with Gasteiger partial charge in [-0.25, -0.2) is 19.6 Å². The number of hydrogen-bond donors (Lipinski definition) is 2. The molecule has 4 heterocycles. The molecule has 19 nitrogen and oxygen atoms in total. The van der Waals surface area contributed by atoms with Crippen LogP contribution in [0.3, 0.4) is 0 Å². The number of aliphatic hydroxyl groups excluding tert-OH is 1. The molecule has 2 unspecified atom stereocenters. The van der Waals surface area contributed by atoms with Crippen LogP contribution < -0.4 is 10.8 Å².